The first-order valence-corrected chi connectivity index (χ1v) is 15.1. The number of benzene rings is 2. The largest absolute Gasteiger partial charge is 0.352 e. The summed E-state index contributed by atoms with van der Waals surface area (Å²) in [6.07, 6.45) is 2.60. The molecule has 1 N–H and O–H groups in total. The highest BCUT2D eigenvalue weighted by Gasteiger charge is 2.29. The fourth-order valence-corrected chi connectivity index (χ4v) is 5.22. The Morgan fingerprint density at radius 1 is 0.973 bits per heavy atom. The van der Waals surface area contributed by atoms with Gasteiger partial charge in [-0.1, -0.05) is 54.7 Å². The van der Waals surface area contributed by atoms with E-state index in [2.05, 4.69) is 5.32 Å². The van der Waals surface area contributed by atoms with Crippen LogP contribution < -0.4 is 9.62 Å². The molecule has 0 aliphatic heterocycles. The lowest BCUT2D eigenvalue weighted by Gasteiger charge is -2.32. The second kappa shape index (κ2) is 14.2. The van der Waals surface area contributed by atoms with Crippen molar-refractivity contribution in [1.29, 1.82) is 0 Å². The first-order chi connectivity index (χ1) is 17.4. The number of halogens is 3. The summed E-state index contributed by atoms with van der Waals surface area (Å²) < 4.78 is 26.1. The molecule has 2 amide bonds. The molecular weight excluding hydrogens is 557 g/mol. The Kier molecular flexibility index (Phi) is 12.0. The lowest BCUT2D eigenvalue weighted by Crippen LogP contribution is -2.50. The molecule has 0 aliphatic carbocycles. The number of nitrogens with zero attached hydrogens (tertiary/aromatic N) is 2. The van der Waals surface area contributed by atoms with E-state index in [9.17, 15) is 18.0 Å². The number of amides is 2. The van der Waals surface area contributed by atoms with E-state index >= 15 is 0 Å². The molecule has 0 spiro atoms. The van der Waals surface area contributed by atoms with Gasteiger partial charge in [-0.05, 0) is 68.1 Å². The number of carbonyl (C=O) groups is 2. The second-order valence-electron chi connectivity index (χ2n) is 8.93. The molecule has 0 heterocycles. The van der Waals surface area contributed by atoms with Crippen molar-refractivity contribution in [3.05, 3.63) is 63.1 Å². The van der Waals surface area contributed by atoms with Gasteiger partial charge in [-0.2, -0.15) is 0 Å². The van der Waals surface area contributed by atoms with Crippen molar-refractivity contribution in [1.82, 2.24) is 10.2 Å². The molecule has 0 bridgehead atoms. The number of nitrogens with one attached hydrogen (secondary N) is 1. The van der Waals surface area contributed by atoms with Crippen LogP contribution in [0.3, 0.4) is 0 Å². The van der Waals surface area contributed by atoms with Gasteiger partial charge >= 0.3 is 0 Å². The maximum absolute atomic E-state index is 13.5. The Balaban J connectivity index is 2.24. The predicted octanol–water partition coefficient (Wildman–Crippen LogP) is 5.92. The summed E-state index contributed by atoms with van der Waals surface area (Å²) in [5.41, 5.74) is 1.20. The Hall–Kier alpha value is -2.00. The van der Waals surface area contributed by atoms with Crippen molar-refractivity contribution in [2.45, 2.75) is 65.1 Å². The van der Waals surface area contributed by atoms with E-state index in [4.69, 9.17) is 34.8 Å². The van der Waals surface area contributed by atoms with Crippen LogP contribution >= 0.6 is 34.8 Å². The molecule has 0 fully saturated rings. The van der Waals surface area contributed by atoms with Crippen molar-refractivity contribution in [3.63, 3.8) is 0 Å². The Morgan fingerprint density at radius 2 is 1.62 bits per heavy atom. The predicted molar refractivity (Wildman–Crippen MR) is 152 cm³/mol. The van der Waals surface area contributed by atoms with Crippen LogP contribution in [0, 0.1) is 0 Å². The van der Waals surface area contributed by atoms with Gasteiger partial charge in [0, 0.05) is 30.6 Å². The molecule has 2 rings (SSSR count). The average molecular weight is 591 g/mol. The summed E-state index contributed by atoms with van der Waals surface area (Å²) in [7, 11) is -3.58. The minimum Gasteiger partial charge on any atom is -0.352 e. The van der Waals surface area contributed by atoms with E-state index in [1.165, 1.54) is 9.21 Å². The average Bonchev–Trinajstić information content (AvgIpc) is 2.83. The number of hydrogen-bond donors (Lipinski definition) is 1. The first-order valence-electron chi connectivity index (χ1n) is 12.1. The van der Waals surface area contributed by atoms with Gasteiger partial charge in [0.05, 0.1) is 22.0 Å². The summed E-state index contributed by atoms with van der Waals surface area (Å²) in [6, 6.07) is 10.8. The molecule has 0 aromatic heterocycles. The summed E-state index contributed by atoms with van der Waals surface area (Å²) in [6.45, 7) is 5.99. The van der Waals surface area contributed by atoms with E-state index in [0.717, 1.165) is 18.2 Å². The molecule has 0 saturated heterocycles. The van der Waals surface area contributed by atoms with E-state index in [-0.39, 0.29) is 43.8 Å². The molecule has 0 aliphatic rings. The van der Waals surface area contributed by atoms with E-state index in [1.807, 2.05) is 20.8 Å². The van der Waals surface area contributed by atoms with Crippen LogP contribution in [0.1, 0.15) is 52.0 Å². The quantitative estimate of drug-likeness (QED) is 0.314. The third kappa shape index (κ3) is 9.36. The Bertz CT molecular complexity index is 1180. The summed E-state index contributed by atoms with van der Waals surface area (Å²) in [5, 5.41) is 4.21. The highest BCUT2D eigenvalue weighted by molar-refractivity contribution is 7.92. The number of carbonyl (C=O) groups excluding carboxylic acids is 2. The highest BCUT2D eigenvalue weighted by Crippen LogP contribution is 2.25. The van der Waals surface area contributed by atoms with Crippen molar-refractivity contribution >= 4 is 62.3 Å². The van der Waals surface area contributed by atoms with Crippen molar-refractivity contribution in [2.75, 3.05) is 17.1 Å². The Morgan fingerprint density at radius 3 is 2.16 bits per heavy atom. The third-order valence-corrected chi connectivity index (χ3v) is 8.18. The van der Waals surface area contributed by atoms with Crippen molar-refractivity contribution < 1.29 is 18.0 Å². The third-order valence-electron chi connectivity index (χ3n) is 5.99. The fourth-order valence-electron chi connectivity index (χ4n) is 3.81. The van der Waals surface area contributed by atoms with Crippen LogP contribution in [0.4, 0.5) is 5.69 Å². The first kappa shape index (κ1) is 31.2. The van der Waals surface area contributed by atoms with Gasteiger partial charge in [-0.3, -0.25) is 13.9 Å². The molecule has 37 heavy (non-hydrogen) atoms. The second-order valence-corrected chi connectivity index (χ2v) is 12.1. The normalized spacial score (nSPS) is 13.1. The molecule has 2 aromatic carbocycles. The maximum Gasteiger partial charge on any atom is 0.243 e. The van der Waals surface area contributed by atoms with E-state index in [0.29, 0.717) is 27.2 Å². The molecule has 2 unspecified atom stereocenters. The van der Waals surface area contributed by atoms with Crippen LogP contribution in [0.15, 0.2) is 42.5 Å². The van der Waals surface area contributed by atoms with Gasteiger partial charge in [-0.15, -0.1) is 0 Å². The van der Waals surface area contributed by atoms with Crippen LogP contribution in [0.2, 0.25) is 15.1 Å². The van der Waals surface area contributed by atoms with Gasteiger partial charge in [0.25, 0.3) is 0 Å². The minimum atomic E-state index is -3.58. The van der Waals surface area contributed by atoms with Gasteiger partial charge in [0.2, 0.25) is 21.8 Å². The molecule has 0 radical (unpaired) electrons. The minimum absolute atomic E-state index is 0.0360. The molecule has 7 nitrogen and oxygen atoms in total. The van der Waals surface area contributed by atoms with Crippen LogP contribution in [-0.2, 0) is 26.2 Å². The maximum atomic E-state index is 13.5. The van der Waals surface area contributed by atoms with Crippen LogP contribution in [-0.4, -0.2) is 50.0 Å². The molecule has 204 valence electrons. The summed E-state index contributed by atoms with van der Waals surface area (Å²) >= 11 is 18.2. The fraction of sp³-hybridized carbons (Fsp3) is 0.462. The molecule has 0 saturated carbocycles. The van der Waals surface area contributed by atoms with E-state index < -0.39 is 16.1 Å². The monoisotopic (exact) mass is 589 g/mol. The van der Waals surface area contributed by atoms with Crippen LogP contribution in [0.5, 0.6) is 0 Å². The van der Waals surface area contributed by atoms with Gasteiger partial charge in [0.1, 0.15) is 6.04 Å². The van der Waals surface area contributed by atoms with Crippen molar-refractivity contribution in [3.8, 4) is 0 Å². The molecule has 2 atom stereocenters. The van der Waals surface area contributed by atoms with Gasteiger partial charge < -0.3 is 10.2 Å². The standard InChI is InChI=1S/C26H34Cl3N3O4S/c1-5-18(3)30-26(34)24(6-2)31(17-19-9-14-22(28)23(29)16-19)25(33)8-7-15-32(37(4,35)36)21-12-10-20(27)11-13-21/h9-14,16,18,24H,5-8,15,17H2,1-4H3,(H,30,34). The topological polar surface area (TPSA) is 86.8 Å². The summed E-state index contributed by atoms with van der Waals surface area (Å²) in [4.78, 5) is 28.1. The zero-order valence-corrected chi connectivity index (χ0v) is 24.6. The number of sulfonamides is 1. The summed E-state index contributed by atoms with van der Waals surface area (Å²) in [5.74, 6) is -0.494. The van der Waals surface area contributed by atoms with Crippen LogP contribution in [0.25, 0.3) is 0 Å². The van der Waals surface area contributed by atoms with E-state index in [1.54, 1.807) is 42.5 Å². The molecule has 2 aromatic rings. The number of anilines is 1. The van der Waals surface area contributed by atoms with Gasteiger partial charge in [-0.25, -0.2) is 8.42 Å². The number of hydrogen-bond acceptors (Lipinski definition) is 4. The SMILES string of the molecule is CCC(C)NC(=O)C(CC)N(Cc1ccc(Cl)c(Cl)c1)C(=O)CCCN(c1ccc(Cl)cc1)S(C)(=O)=O. The van der Waals surface area contributed by atoms with Gasteiger partial charge in [0.15, 0.2) is 0 Å². The van der Waals surface area contributed by atoms with Crippen molar-refractivity contribution in [2.24, 2.45) is 0 Å². The smallest absolute Gasteiger partial charge is 0.243 e. The molecule has 11 heteroatoms. The zero-order chi connectivity index (χ0) is 27.8. The highest BCUT2D eigenvalue weighted by atomic mass is 35.5. The number of rotatable bonds is 13. The zero-order valence-electron chi connectivity index (χ0n) is 21.5. The lowest BCUT2D eigenvalue weighted by molar-refractivity contribution is -0.141. The lowest BCUT2D eigenvalue weighted by atomic mass is 10.1. The molecular formula is C26H34Cl3N3O4S. The Labute approximate surface area is 235 Å².